The number of ether oxygens (including phenoxy) is 1. The van der Waals surface area contributed by atoms with Crippen molar-refractivity contribution in [3.63, 3.8) is 0 Å². The third-order valence-electron chi connectivity index (χ3n) is 4.14. The molecule has 0 saturated carbocycles. The van der Waals surface area contributed by atoms with Gasteiger partial charge in [0.05, 0.1) is 14.2 Å². The average Bonchev–Trinajstić information content (AvgIpc) is 2.54. The largest absolute Gasteiger partial charge is 0.497 e. The van der Waals surface area contributed by atoms with Gasteiger partial charge in [0.25, 0.3) is 5.91 Å². The molecule has 0 aromatic heterocycles. The van der Waals surface area contributed by atoms with E-state index >= 15 is 0 Å². The summed E-state index contributed by atoms with van der Waals surface area (Å²) in [6.07, 6.45) is 0. The molecule has 25 heavy (non-hydrogen) atoms. The van der Waals surface area contributed by atoms with Gasteiger partial charge in [-0.15, -0.1) is 0 Å². The van der Waals surface area contributed by atoms with Crippen LogP contribution in [0.4, 0.5) is 5.69 Å². The highest BCUT2D eigenvalue weighted by Crippen LogP contribution is 2.23. The summed E-state index contributed by atoms with van der Waals surface area (Å²) in [7, 11) is 3.68. The number of carbonyl (C=O) groups excluding carboxylic acids is 1. The van der Waals surface area contributed by atoms with Gasteiger partial charge in [-0.1, -0.05) is 45.0 Å². The Balaban J connectivity index is 1.88. The minimum absolute atomic E-state index is 0.0175. The Morgan fingerprint density at radius 2 is 1.80 bits per heavy atom. The van der Waals surface area contributed by atoms with Crippen LogP contribution in [0.2, 0.25) is 0 Å². The SMILES string of the molecule is COc1cccc(C[NH+](C)CC(=O)Nc2ccc(C(C)(C)C)cc2)c1. The number of hydrogen-bond acceptors (Lipinski definition) is 2. The number of rotatable bonds is 6. The van der Waals surface area contributed by atoms with E-state index in [4.69, 9.17) is 4.74 Å². The van der Waals surface area contributed by atoms with E-state index in [1.807, 2.05) is 37.4 Å². The van der Waals surface area contributed by atoms with Gasteiger partial charge in [-0.05, 0) is 35.2 Å². The molecule has 134 valence electrons. The van der Waals surface area contributed by atoms with Gasteiger partial charge in [-0.3, -0.25) is 4.79 Å². The molecule has 0 fully saturated rings. The van der Waals surface area contributed by atoms with Crippen molar-refractivity contribution in [2.75, 3.05) is 26.0 Å². The summed E-state index contributed by atoms with van der Waals surface area (Å²) in [6, 6.07) is 16.0. The monoisotopic (exact) mass is 341 g/mol. The van der Waals surface area contributed by atoms with E-state index in [2.05, 4.69) is 44.3 Å². The lowest BCUT2D eigenvalue weighted by Crippen LogP contribution is -3.08. The predicted molar refractivity (Wildman–Crippen MR) is 102 cm³/mol. The fourth-order valence-corrected chi connectivity index (χ4v) is 2.73. The molecule has 0 bridgehead atoms. The molecule has 4 nitrogen and oxygen atoms in total. The quantitative estimate of drug-likeness (QED) is 0.848. The molecule has 4 heteroatoms. The smallest absolute Gasteiger partial charge is 0.279 e. The third-order valence-corrected chi connectivity index (χ3v) is 4.14. The van der Waals surface area contributed by atoms with Crippen molar-refractivity contribution < 1.29 is 14.4 Å². The fraction of sp³-hybridized carbons (Fsp3) is 0.381. The fourth-order valence-electron chi connectivity index (χ4n) is 2.73. The first-order valence-electron chi connectivity index (χ1n) is 8.62. The van der Waals surface area contributed by atoms with Crippen LogP contribution in [-0.4, -0.2) is 26.6 Å². The molecule has 0 aliphatic rings. The third kappa shape index (κ3) is 5.91. The lowest BCUT2D eigenvalue weighted by atomic mass is 9.87. The Labute approximate surface area is 150 Å². The minimum Gasteiger partial charge on any atom is -0.497 e. The zero-order chi connectivity index (χ0) is 18.4. The van der Waals surface area contributed by atoms with Crippen LogP contribution < -0.4 is 15.0 Å². The second kappa shape index (κ2) is 8.17. The van der Waals surface area contributed by atoms with Gasteiger partial charge in [-0.25, -0.2) is 0 Å². The molecule has 2 N–H and O–H groups in total. The minimum atomic E-state index is 0.0175. The van der Waals surface area contributed by atoms with E-state index in [0.717, 1.165) is 28.4 Å². The maximum absolute atomic E-state index is 12.3. The van der Waals surface area contributed by atoms with E-state index in [-0.39, 0.29) is 11.3 Å². The van der Waals surface area contributed by atoms with Crippen molar-refractivity contribution in [3.05, 3.63) is 59.7 Å². The van der Waals surface area contributed by atoms with Crippen molar-refractivity contribution in [1.82, 2.24) is 0 Å². The average molecular weight is 341 g/mol. The van der Waals surface area contributed by atoms with Crippen LogP contribution in [0.25, 0.3) is 0 Å². The molecule has 0 heterocycles. The number of quaternary nitrogens is 1. The Morgan fingerprint density at radius 3 is 2.40 bits per heavy atom. The number of likely N-dealkylation sites (N-methyl/N-ethyl adjacent to an activating group) is 1. The van der Waals surface area contributed by atoms with Crippen LogP contribution in [0.1, 0.15) is 31.9 Å². The molecule has 0 aliphatic carbocycles. The lowest BCUT2D eigenvalue weighted by Gasteiger charge is -2.19. The highest BCUT2D eigenvalue weighted by Gasteiger charge is 2.14. The predicted octanol–water partition coefficient (Wildman–Crippen LogP) is 2.65. The molecule has 0 radical (unpaired) electrons. The van der Waals surface area contributed by atoms with Gasteiger partial charge in [0.15, 0.2) is 6.54 Å². The molecule has 1 atom stereocenters. The summed E-state index contributed by atoms with van der Waals surface area (Å²) < 4.78 is 5.24. The summed E-state index contributed by atoms with van der Waals surface area (Å²) in [6.45, 7) is 7.72. The summed E-state index contributed by atoms with van der Waals surface area (Å²) >= 11 is 0. The van der Waals surface area contributed by atoms with Crippen LogP contribution >= 0.6 is 0 Å². The Kier molecular flexibility index (Phi) is 6.21. The molecular formula is C21H29N2O2+. The molecule has 2 aromatic rings. The zero-order valence-corrected chi connectivity index (χ0v) is 15.8. The first kappa shape index (κ1) is 19.0. The van der Waals surface area contributed by atoms with E-state index in [0.29, 0.717) is 6.54 Å². The van der Waals surface area contributed by atoms with E-state index in [9.17, 15) is 4.79 Å². The summed E-state index contributed by atoms with van der Waals surface area (Å²) in [5, 5.41) is 2.98. The van der Waals surface area contributed by atoms with Crippen molar-refractivity contribution in [1.29, 1.82) is 0 Å². The normalized spacial score (nSPS) is 12.5. The number of benzene rings is 2. The summed E-state index contributed by atoms with van der Waals surface area (Å²) in [4.78, 5) is 13.4. The Morgan fingerprint density at radius 1 is 1.12 bits per heavy atom. The molecule has 0 saturated heterocycles. The second-order valence-corrected chi connectivity index (χ2v) is 7.54. The maximum Gasteiger partial charge on any atom is 0.279 e. The molecule has 0 aliphatic heterocycles. The summed E-state index contributed by atoms with van der Waals surface area (Å²) in [5.74, 6) is 0.859. The highest BCUT2D eigenvalue weighted by atomic mass is 16.5. The van der Waals surface area contributed by atoms with Gasteiger partial charge in [0.1, 0.15) is 12.3 Å². The van der Waals surface area contributed by atoms with Gasteiger partial charge in [0.2, 0.25) is 0 Å². The molecule has 2 rings (SSSR count). The van der Waals surface area contributed by atoms with E-state index < -0.39 is 0 Å². The van der Waals surface area contributed by atoms with Crippen LogP contribution in [0, 0.1) is 0 Å². The molecular weight excluding hydrogens is 312 g/mol. The van der Waals surface area contributed by atoms with E-state index in [1.54, 1.807) is 7.11 Å². The molecule has 1 amide bonds. The number of methoxy groups -OCH3 is 1. The van der Waals surface area contributed by atoms with Gasteiger partial charge in [0, 0.05) is 11.3 Å². The van der Waals surface area contributed by atoms with E-state index in [1.165, 1.54) is 5.56 Å². The van der Waals surface area contributed by atoms with Gasteiger partial charge in [-0.2, -0.15) is 0 Å². The van der Waals surface area contributed by atoms with Crippen LogP contribution in [0.15, 0.2) is 48.5 Å². The molecule has 0 spiro atoms. The van der Waals surface area contributed by atoms with Crippen molar-refractivity contribution in [2.24, 2.45) is 0 Å². The van der Waals surface area contributed by atoms with Crippen molar-refractivity contribution in [2.45, 2.75) is 32.7 Å². The van der Waals surface area contributed by atoms with Crippen LogP contribution in [-0.2, 0) is 16.8 Å². The van der Waals surface area contributed by atoms with Gasteiger partial charge >= 0.3 is 0 Å². The Hall–Kier alpha value is -2.33. The summed E-state index contributed by atoms with van der Waals surface area (Å²) in [5.41, 5.74) is 3.36. The first-order valence-corrected chi connectivity index (χ1v) is 8.62. The number of hydrogen-bond donors (Lipinski definition) is 2. The number of nitrogens with one attached hydrogen (secondary N) is 2. The topological polar surface area (TPSA) is 42.8 Å². The van der Waals surface area contributed by atoms with Crippen molar-refractivity contribution in [3.8, 4) is 5.75 Å². The lowest BCUT2D eigenvalue weighted by molar-refractivity contribution is -0.885. The van der Waals surface area contributed by atoms with Crippen LogP contribution in [0.5, 0.6) is 5.75 Å². The number of amides is 1. The number of carbonyl (C=O) groups is 1. The maximum atomic E-state index is 12.3. The standard InChI is InChI=1S/C21H28N2O2/c1-21(2,3)17-9-11-18(12-10-17)22-20(24)15-23(4)14-16-7-6-8-19(13-16)25-5/h6-13H,14-15H2,1-5H3,(H,22,24)/p+1. The molecule has 1 unspecified atom stereocenters. The number of anilines is 1. The highest BCUT2D eigenvalue weighted by molar-refractivity contribution is 5.91. The Bertz CT molecular complexity index is 703. The van der Waals surface area contributed by atoms with Gasteiger partial charge < -0.3 is 15.0 Å². The van der Waals surface area contributed by atoms with Crippen LogP contribution in [0.3, 0.4) is 0 Å². The zero-order valence-electron chi connectivity index (χ0n) is 15.8. The first-order chi connectivity index (χ1) is 11.8. The second-order valence-electron chi connectivity index (χ2n) is 7.54. The molecule has 2 aromatic carbocycles. The van der Waals surface area contributed by atoms with Crippen molar-refractivity contribution >= 4 is 11.6 Å².